The average Bonchev–Trinajstić information content (AvgIpc) is 2.41. The van der Waals surface area contributed by atoms with E-state index in [2.05, 4.69) is 5.32 Å². The Morgan fingerprint density at radius 3 is 2.53 bits per heavy atom. The first-order valence-corrected chi connectivity index (χ1v) is 7.07. The molecule has 0 radical (unpaired) electrons. The van der Waals surface area contributed by atoms with Crippen molar-refractivity contribution in [1.29, 1.82) is 0 Å². The molecule has 1 rings (SSSR count). The maximum absolute atomic E-state index is 11.8. The van der Waals surface area contributed by atoms with Crippen LogP contribution in [0.2, 0.25) is 0 Å². The van der Waals surface area contributed by atoms with Crippen molar-refractivity contribution in [2.24, 2.45) is 0 Å². The summed E-state index contributed by atoms with van der Waals surface area (Å²) in [4.78, 5) is 13.4. The number of hydrogen-bond donors (Lipinski definition) is 1. The molecule has 0 aromatic carbocycles. The van der Waals surface area contributed by atoms with Crippen LogP contribution in [0.1, 0.15) is 20.3 Å². The van der Waals surface area contributed by atoms with Crippen LogP contribution in [0.3, 0.4) is 0 Å². The van der Waals surface area contributed by atoms with E-state index >= 15 is 0 Å². The highest BCUT2D eigenvalue weighted by molar-refractivity contribution is 7.90. The first-order chi connectivity index (χ1) is 6.78. The molecule has 1 heterocycles. The van der Waals surface area contributed by atoms with Crippen LogP contribution >= 0.6 is 0 Å². The highest BCUT2D eigenvalue weighted by Crippen LogP contribution is 2.18. The number of sulfone groups is 1. The van der Waals surface area contributed by atoms with Crippen molar-refractivity contribution in [2.75, 3.05) is 25.2 Å². The molecule has 0 aliphatic carbocycles. The summed E-state index contributed by atoms with van der Waals surface area (Å²) in [5.41, 5.74) is -0.516. The van der Waals surface area contributed by atoms with Crippen LogP contribution in [0.25, 0.3) is 0 Å². The topological polar surface area (TPSA) is 66.5 Å². The van der Waals surface area contributed by atoms with Gasteiger partial charge in [-0.05, 0) is 13.3 Å². The fourth-order valence-electron chi connectivity index (χ4n) is 1.50. The van der Waals surface area contributed by atoms with Crippen LogP contribution in [-0.4, -0.2) is 50.0 Å². The number of amides is 1. The summed E-state index contributed by atoms with van der Waals surface area (Å²) in [7, 11) is -3.00. The van der Waals surface area contributed by atoms with Crippen molar-refractivity contribution in [1.82, 2.24) is 10.2 Å². The maximum atomic E-state index is 11.8. The Hall–Kier alpha value is -0.620. The predicted molar refractivity (Wildman–Crippen MR) is 58.1 cm³/mol. The molecule has 1 atom stereocenters. The van der Waals surface area contributed by atoms with Gasteiger partial charge in [0.25, 0.3) is 0 Å². The lowest BCUT2D eigenvalue weighted by Gasteiger charge is -2.20. The van der Waals surface area contributed by atoms with Gasteiger partial charge in [0.05, 0.1) is 18.0 Å². The molecule has 15 heavy (non-hydrogen) atoms. The Morgan fingerprint density at radius 1 is 1.53 bits per heavy atom. The number of carbonyl (C=O) groups excluding carboxylic acids is 1. The fourth-order valence-corrected chi connectivity index (χ4v) is 2.05. The van der Waals surface area contributed by atoms with Gasteiger partial charge in [-0.25, -0.2) is 8.42 Å². The molecule has 0 aromatic rings. The summed E-state index contributed by atoms with van der Waals surface area (Å²) >= 11 is 0. The third-order valence-corrected chi connectivity index (χ3v) is 3.78. The van der Waals surface area contributed by atoms with E-state index < -0.39 is 15.4 Å². The zero-order valence-corrected chi connectivity index (χ0v) is 10.2. The van der Waals surface area contributed by atoms with E-state index in [4.69, 9.17) is 0 Å². The monoisotopic (exact) mass is 234 g/mol. The highest BCUT2D eigenvalue weighted by Gasteiger charge is 2.40. The van der Waals surface area contributed by atoms with Crippen molar-refractivity contribution in [3.05, 3.63) is 0 Å². The smallest absolute Gasteiger partial charge is 0.243 e. The Kier molecular flexibility index (Phi) is 3.40. The Balaban J connectivity index is 2.58. The molecule has 1 amide bonds. The zero-order chi connectivity index (χ0) is 11.7. The van der Waals surface area contributed by atoms with Gasteiger partial charge in [-0.3, -0.25) is 10.1 Å². The molecule has 0 bridgehead atoms. The quantitative estimate of drug-likeness (QED) is 0.718. The van der Waals surface area contributed by atoms with Crippen molar-refractivity contribution in [3.8, 4) is 0 Å². The van der Waals surface area contributed by atoms with E-state index in [1.54, 1.807) is 4.90 Å². The van der Waals surface area contributed by atoms with E-state index in [1.165, 1.54) is 6.26 Å². The minimum atomic E-state index is -3.00. The minimum Gasteiger partial charge on any atom is -0.327 e. The second-order valence-corrected chi connectivity index (χ2v) is 6.48. The highest BCUT2D eigenvalue weighted by atomic mass is 32.2. The minimum absolute atomic E-state index is 0.00588. The second kappa shape index (κ2) is 4.09. The van der Waals surface area contributed by atoms with Crippen LogP contribution in [0, 0.1) is 0 Å². The molecule has 1 aliphatic heterocycles. The molecule has 0 saturated carbocycles. The summed E-state index contributed by atoms with van der Waals surface area (Å²) < 4.78 is 21.9. The molecule has 1 aliphatic rings. The summed E-state index contributed by atoms with van der Waals surface area (Å²) in [6.45, 7) is 4.50. The van der Waals surface area contributed by atoms with Crippen LogP contribution in [0.5, 0.6) is 0 Å². The molecule has 1 fully saturated rings. The predicted octanol–water partition coefficient (Wildman–Crippen LogP) is -0.411. The lowest BCUT2D eigenvalue weighted by molar-refractivity contribution is -0.131. The zero-order valence-electron chi connectivity index (χ0n) is 9.41. The lowest BCUT2D eigenvalue weighted by Crippen LogP contribution is -2.43. The van der Waals surface area contributed by atoms with E-state index in [1.807, 2.05) is 13.8 Å². The number of nitrogens with zero attached hydrogens (tertiary/aromatic N) is 1. The van der Waals surface area contributed by atoms with Gasteiger partial charge in [-0.15, -0.1) is 0 Å². The van der Waals surface area contributed by atoms with Crippen molar-refractivity contribution in [3.63, 3.8) is 0 Å². The van der Waals surface area contributed by atoms with Crippen LogP contribution < -0.4 is 5.32 Å². The Bertz CT molecular complexity index is 352. The number of carbonyl (C=O) groups is 1. The second-order valence-electron chi connectivity index (χ2n) is 4.22. The van der Waals surface area contributed by atoms with E-state index in [0.717, 1.165) is 0 Å². The summed E-state index contributed by atoms with van der Waals surface area (Å²) in [5.74, 6) is 0.0221. The normalized spacial score (nSPS) is 27.4. The van der Waals surface area contributed by atoms with E-state index in [0.29, 0.717) is 13.1 Å². The maximum Gasteiger partial charge on any atom is 0.243 e. The Labute approximate surface area is 90.7 Å². The third-order valence-electron chi connectivity index (χ3n) is 2.86. The molecular formula is C9H18N2O3S. The first kappa shape index (κ1) is 12.4. The fraction of sp³-hybridized carbons (Fsp3) is 0.889. The molecule has 6 heteroatoms. The number of nitrogens with one attached hydrogen (secondary N) is 1. The Morgan fingerprint density at radius 2 is 2.13 bits per heavy atom. The third kappa shape index (κ3) is 2.92. The molecule has 88 valence electrons. The lowest BCUT2D eigenvalue weighted by atomic mass is 10.00. The van der Waals surface area contributed by atoms with Crippen LogP contribution in [0.15, 0.2) is 0 Å². The molecule has 1 N–H and O–H groups in total. The molecular weight excluding hydrogens is 216 g/mol. The van der Waals surface area contributed by atoms with Gasteiger partial charge in [0, 0.05) is 12.8 Å². The van der Waals surface area contributed by atoms with Crippen molar-refractivity contribution < 1.29 is 13.2 Å². The van der Waals surface area contributed by atoms with Gasteiger partial charge in [0.2, 0.25) is 5.91 Å². The first-order valence-electron chi connectivity index (χ1n) is 5.00. The standard InChI is InChI=1S/C9H18N2O3S/c1-4-9(2)8(12)11(7-10-9)5-6-15(3,13)14/h10H,4-7H2,1-3H3. The van der Waals surface area contributed by atoms with Crippen LogP contribution in [-0.2, 0) is 14.6 Å². The van der Waals surface area contributed by atoms with E-state index in [9.17, 15) is 13.2 Å². The largest absolute Gasteiger partial charge is 0.327 e. The van der Waals surface area contributed by atoms with Gasteiger partial charge >= 0.3 is 0 Å². The summed E-state index contributed by atoms with van der Waals surface area (Å²) in [6, 6.07) is 0. The van der Waals surface area contributed by atoms with Crippen molar-refractivity contribution in [2.45, 2.75) is 25.8 Å². The summed E-state index contributed by atoms with van der Waals surface area (Å²) in [5, 5.41) is 3.10. The molecule has 1 saturated heterocycles. The molecule has 0 aromatic heterocycles. The van der Waals surface area contributed by atoms with Gasteiger partial charge < -0.3 is 4.90 Å². The van der Waals surface area contributed by atoms with Gasteiger partial charge in [0.1, 0.15) is 9.84 Å². The molecule has 1 unspecified atom stereocenters. The van der Waals surface area contributed by atoms with Crippen molar-refractivity contribution >= 4 is 15.7 Å². The average molecular weight is 234 g/mol. The number of hydrogen-bond acceptors (Lipinski definition) is 4. The van der Waals surface area contributed by atoms with E-state index in [-0.39, 0.29) is 18.2 Å². The number of rotatable bonds is 4. The van der Waals surface area contributed by atoms with Gasteiger partial charge in [-0.2, -0.15) is 0 Å². The molecule has 5 nitrogen and oxygen atoms in total. The van der Waals surface area contributed by atoms with Gasteiger partial charge in [-0.1, -0.05) is 6.92 Å². The summed E-state index contributed by atoms with van der Waals surface area (Å²) in [6.07, 6.45) is 1.89. The SMILES string of the molecule is CCC1(C)NCN(CCS(C)(=O)=O)C1=O. The van der Waals surface area contributed by atoms with Gasteiger partial charge in [0.15, 0.2) is 0 Å². The molecule has 0 spiro atoms. The van der Waals surface area contributed by atoms with Crippen LogP contribution in [0.4, 0.5) is 0 Å².